The molecule has 1 aliphatic carbocycles. The third kappa shape index (κ3) is 2.58. The zero-order chi connectivity index (χ0) is 15.9. The number of aromatic carboxylic acids is 1. The molecule has 116 valence electrons. The number of rotatable bonds is 3. The van der Waals surface area contributed by atoms with Crippen LogP contribution < -0.4 is 0 Å². The van der Waals surface area contributed by atoms with Gasteiger partial charge in [-0.2, -0.15) is 0 Å². The Morgan fingerprint density at radius 2 is 2.05 bits per heavy atom. The molecule has 0 unspecified atom stereocenters. The monoisotopic (exact) mass is 314 g/mol. The molecule has 22 heavy (non-hydrogen) atoms. The first kappa shape index (κ1) is 15.3. The summed E-state index contributed by atoms with van der Waals surface area (Å²) in [6.07, 6.45) is 3.92. The lowest BCUT2D eigenvalue weighted by atomic mass is 9.76. The van der Waals surface area contributed by atoms with Gasteiger partial charge in [0.1, 0.15) is 0 Å². The Kier molecular flexibility index (Phi) is 3.85. The molecule has 1 aliphatic rings. The summed E-state index contributed by atoms with van der Waals surface area (Å²) in [5.41, 5.74) is 4.14. The molecule has 0 bridgehead atoms. The number of benzene rings is 1. The van der Waals surface area contributed by atoms with Gasteiger partial charge in [-0.25, -0.2) is 4.79 Å². The Labute approximate surface area is 135 Å². The molecule has 0 saturated carbocycles. The van der Waals surface area contributed by atoms with Crippen molar-refractivity contribution in [2.24, 2.45) is 5.41 Å². The van der Waals surface area contributed by atoms with Gasteiger partial charge in [-0.3, -0.25) is 0 Å². The van der Waals surface area contributed by atoms with Crippen molar-refractivity contribution in [3.63, 3.8) is 0 Å². The van der Waals surface area contributed by atoms with Crippen LogP contribution in [0.3, 0.4) is 0 Å². The second kappa shape index (κ2) is 5.54. The fourth-order valence-electron chi connectivity index (χ4n) is 3.39. The molecule has 0 radical (unpaired) electrons. The first-order valence-electron chi connectivity index (χ1n) is 7.89. The predicted octanol–water partition coefficient (Wildman–Crippen LogP) is 5.19. The molecule has 2 nitrogen and oxygen atoms in total. The first-order chi connectivity index (χ1) is 10.4. The maximum atomic E-state index is 11.9. The minimum absolute atomic E-state index is 0.194. The summed E-state index contributed by atoms with van der Waals surface area (Å²) in [5, 5.41) is 9.81. The minimum atomic E-state index is -0.781. The molecule has 1 N–H and O–H groups in total. The van der Waals surface area contributed by atoms with Gasteiger partial charge in [-0.15, -0.1) is 11.3 Å². The van der Waals surface area contributed by atoms with E-state index in [1.54, 1.807) is 11.3 Å². The Balaban J connectivity index is 2.21. The van der Waals surface area contributed by atoms with Crippen LogP contribution in [0.2, 0.25) is 0 Å². The molecular formula is C19H22O2S. The maximum absolute atomic E-state index is 11.9. The van der Waals surface area contributed by atoms with Gasteiger partial charge in [0, 0.05) is 9.75 Å². The van der Waals surface area contributed by atoms with Crippen LogP contribution in [0.4, 0.5) is 0 Å². The third-order valence-electron chi connectivity index (χ3n) is 4.63. The smallest absolute Gasteiger partial charge is 0.337 e. The van der Waals surface area contributed by atoms with Gasteiger partial charge < -0.3 is 5.11 Å². The van der Waals surface area contributed by atoms with E-state index < -0.39 is 5.97 Å². The topological polar surface area (TPSA) is 37.3 Å². The van der Waals surface area contributed by atoms with Crippen LogP contribution >= 0.6 is 11.3 Å². The highest BCUT2D eigenvalue weighted by Gasteiger charge is 2.33. The number of fused-ring (bicyclic) bond motifs is 1. The van der Waals surface area contributed by atoms with E-state index in [-0.39, 0.29) is 5.41 Å². The quantitative estimate of drug-likeness (QED) is 0.846. The number of carbonyl (C=O) groups is 1. The van der Waals surface area contributed by atoms with E-state index in [4.69, 9.17) is 0 Å². The van der Waals surface area contributed by atoms with Crippen LogP contribution in [-0.2, 0) is 19.3 Å². The molecule has 0 amide bonds. The number of hydrogen-bond acceptors (Lipinski definition) is 2. The van der Waals surface area contributed by atoms with Crippen molar-refractivity contribution in [3.05, 3.63) is 45.8 Å². The highest BCUT2D eigenvalue weighted by Crippen LogP contribution is 2.45. The van der Waals surface area contributed by atoms with Crippen LogP contribution in [0.15, 0.2) is 24.3 Å². The molecule has 0 atom stereocenters. The molecule has 0 fully saturated rings. The summed E-state index contributed by atoms with van der Waals surface area (Å²) in [4.78, 5) is 14.2. The lowest BCUT2D eigenvalue weighted by Gasteiger charge is -2.29. The Bertz CT molecular complexity index is 725. The van der Waals surface area contributed by atoms with Crippen LogP contribution in [0.25, 0.3) is 10.4 Å². The van der Waals surface area contributed by atoms with Crippen molar-refractivity contribution in [1.29, 1.82) is 0 Å². The van der Waals surface area contributed by atoms with E-state index >= 15 is 0 Å². The summed E-state index contributed by atoms with van der Waals surface area (Å²) >= 11 is 1.69. The van der Waals surface area contributed by atoms with Gasteiger partial charge >= 0.3 is 5.97 Å². The van der Waals surface area contributed by atoms with Crippen LogP contribution in [0.1, 0.15) is 53.6 Å². The molecule has 1 aromatic carbocycles. The van der Waals surface area contributed by atoms with Crippen LogP contribution in [0.5, 0.6) is 0 Å². The normalized spacial score (nSPS) is 16.3. The molecule has 2 aromatic rings. The van der Waals surface area contributed by atoms with Gasteiger partial charge in [0.15, 0.2) is 0 Å². The summed E-state index contributed by atoms with van der Waals surface area (Å²) in [5.74, 6) is -0.781. The van der Waals surface area contributed by atoms with E-state index in [1.807, 2.05) is 12.1 Å². The standard InChI is InChI=1S/C19H22O2S/c1-4-12-7-5-6-8-13(12)17-16(18(20)21)14-11-19(2,3)10-9-15(14)22-17/h5-8H,4,9-11H2,1-3H3,(H,20,21). The highest BCUT2D eigenvalue weighted by molar-refractivity contribution is 7.16. The van der Waals surface area contributed by atoms with Crippen molar-refractivity contribution in [2.75, 3.05) is 0 Å². The summed E-state index contributed by atoms with van der Waals surface area (Å²) in [7, 11) is 0. The van der Waals surface area contributed by atoms with Gasteiger partial charge in [-0.05, 0) is 47.8 Å². The second-order valence-electron chi connectivity index (χ2n) is 6.86. The first-order valence-corrected chi connectivity index (χ1v) is 8.70. The SMILES string of the molecule is CCc1ccccc1-c1sc2c(c1C(=O)O)CC(C)(C)CC2. The number of carboxylic acids is 1. The average molecular weight is 314 g/mol. The largest absolute Gasteiger partial charge is 0.478 e. The zero-order valence-corrected chi connectivity index (χ0v) is 14.2. The Hall–Kier alpha value is -1.61. The number of aryl methyl sites for hydroxylation is 2. The fraction of sp³-hybridized carbons (Fsp3) is 0.421. The van der Waals surface area contributed by atoms with E-state index in [0.717, 1.165) is 41.7 Å². The Morgan fingerprint density at radius 3 is 2.73 bits per heavy atom. The van der Waals surface area contributed by atoms with Gasteiger partial charge in [0.25, 0.3) is 0 Å². The lowest BCUT2D eigenvalue weighted by Crippen LogP contribution is -2.22. The molecule has 0 aliphatic heterocycles. The predicted molar refractivity (Wildman–Crippen MR) is 91.9 cm³/mol. The maximum Gasteiger partial charge on any atom is 0.337 e. The molecule has 3 heteroatoms. The summed E-state index contributed by atoms with van der Waals surface area (Å²) in [6.45, 7) is 6.59. The minimum Gasteiger partial charge on any atom is -0.478 e. The molecule has 0 spiro atoms. The lowest BCUT2D eigenvalue weighted by molar-refractivity contribution is 0.0696. The third-order valence-corrected chi connectivity index (χ3v) is 5.96. The highest BCUT2D eigenvalue weighted by atomic mass is 32.1. The van der Waals surface area contributed by atoms with Crippen molar-refractivity contribution in [2.45, 2.75) is 46.5 Å². The zero-order valence-electron chi connectivity index (χ0n) is 13.4. The van der Waals surface area contributed by atoms with E-state index in [2.05, 4.69) is 32.9 Å². The summed E-state index contributed by atoms with van der Waals surface area (Å²) < 4.78 is 0. The number of hydrogen-bond donors (Lipinski definition) is 1. The Morgan fingerprint density at radius 1 is 1.32 bits per heavy atom. The van der Waals surface area contributed by atoms with Gasteiger partial charge in [-0.1, -0.05) is 45.0 Å². The molecule has 3 rings (SSSR count). The molecule has 0 saturated heterocycles. The van der Waals surface area contributed by atoms with Gasteiger partial charge in [0.2, 0.25) is 0 Å². The van der Waals surface area contributed by atoms with Crippen molar-refractivity contribution >= 4 is 17.3 Å². The van der Waals surface area contributed by atoms with E-state index in [0.29, 0.717) is 5.56 Å². The van der Waals surface area contributed by atoms with Crippen molar-refractivity contribution in [1.82, 2.24) is 0 Å². The molecule has 1 heterocycles. The number of carboxylic acid groups (broad SMARTS) is 1. The average Bonchev–Trinajstić information content (AvgIpc) is 2.84. The van der Waals surface area contributed by atoms with Crippen molar-refractivity contribution < 1.29 is 9.90 Å². The fourth-order valence-corrected chi connectivity index (χ4v) is 4.76. The summed E-state index contributed by atoms with van der Waals surface area (Å²) in [6, 6.07) is 8.19. The van der Waals surface area contributed by atoms with E-state index in [1.165, 1.54) is 10.4 Å². The number of thiophene rings is 1. The van der Waals surface area contributed by atoms with Gasteiger partial charge in [0.05, 0.1) is 5.56 Å². The molecular weight excluding hydrogens is 292 g/mol. The second-order valence-corrected chi connectivity index (χ2v) is 7.97. The van der Waals surface area contributed by atoms with Crippen LogP contribution in [0, 0.1) is 5.41 Å². The van der Waals surface area contributed by atoms with Crippen molar-refractivity contribution in [3.8, 4) is 10.4 Å². The van der Waals surface area contributed by atoms with Crippen LogP contribution in [-0.4, -0.2) is 11.1 Å². The molecule has 1 aromatic heterocycles. The van der Waals surface area contributed by atoms with E-state index in [9.17, 15) is 9.90 Å².